The molecule has 6 nitrogen and oxygen atoms in total. The summed E-state index contributed by atoms with van der Waals surface area (Å²) in [5, 5.41) is 9.35. The Labute approximate surface area is 201 Å². The first-order chi connectivity index (χ1) is 16.7. The number of halogens is 3. The molecule has 2 aromatic rings. The number of hydrogen-bond donors (Lipinski definition) is 1. The summed E-state index contributed by atoms with van der Waals surface area (Å²) in [4.78, 5) is 15.0. The maximum atomic E-state index is 13.8. The van der Waals surface area contributed by atoms with Gasteiger partial charge in [-0.2, -0.15) is 13.2 Å². The number of carbonyl (C=O) groups excluding carboxylic acids is 1. The topological polar surface area (TPSA) is 68.2 Å². The molecule has 2 heterocycles. The van der Waals surface area contributed by atoms with Crippen molar-refractivity contribution in [3.05, 3.63) is 59.7 Å². The van der Waals surface area contributed by atoms with E-state index in [0.29, 0.717) is 63.1 Å². The standard InChI is InChI=1S/C26H28F3NO5/c27-26(28,29)22(33-17-18-1-7-21(31)8-2-18)19-3-5-20(6-4-19)30-14-13-24(23(30)32)9-11-25(12-10-24)34-15-16-35-25/h1-8,22,31H,9-17H2/t22-/m1/s1. The summed E-state index contributed by atoms with van der Waals surface area (Å²) in [6, 6.07) is 11.7. The van der Waals surface area contributed by atoms with Gasteiger partial charge in [0.1, 0.15) is 5.75 Å². The maximum absolute atomic E-state index is 13.8. The minimum absolute atomic E-state index is 0.0223. The van der Waals surface area contributed by atoms with Crippen LogP contribution in [0.3, 0.4) is 0 Å². The zero-order valence-electron chi connectivity index (χ0n) is 19.2. The first kappa shape index (κ1) is 24.1. The quantitative estimate of drug-likeness (QED) is 0.619. The van der Waals surface area contributed by atoms with Gasteiger partial charge in [-0.3, -0.25) is 4.79 Å². The molecule has 9 heteroatoms. The fourth-order valence-electron chi connectivity index (χ4n) is 5.41. The Morgan fingerprint density at radius 3 is 2.17 bits per heavy atom. The van der Waals surface area contributed by atoms with Gasteiger partial charge in [0.2, 0.25) is 5.91 Å². The largest absolute Gasteiger partial charge is 0.508 e. The molecule has 1 amide bonds. The number of nitrogens with zero attached hydrogens (tertiary/aromatic N) is 1. The maximum Gasteiger partial charge on any atom is 0.418 e. The molecule has 1 aliphatic carbocycles. The molecule has 0 radical (unpaired) electrons. The van der Waals surface area contributed by atoms with Crippen molar-refractivity contribution in [3.8, 4) is 5.75 Å². The van der Waals surface area contributed by atoms with Crippen LogP contribution in [-0.2, 0) is 25.6 Å². The van der Waals surface area contributed by atoms with Gasteiger partial charge in [0.15, 0.2) is 11.9 Å². The predicted octanol–water partition coefficient (Wildman–Crippen LogP) is 5.25. The first-order valence-electron chi connectivity index (χ1n) is 11.9. The monoisotopic (exact) mass is 491 g/mol. The van der Waals surface area contributed by atoms with E-state index in [-0.39, 0.29) is 23.8 Å². The molecule has 2 aromatic carbocycles. The molecule has 1 N–H and O–H groups in total. The number of amides is 1. The van der Waals surface area contributed by atoms with Crippen molar-refractivity contribution >= 4 is 11.6 Å². The SMILES string of the molecule is O=C1N(c2ccc([C@@H](OCc3ccc(O)cc3)C(F)(F)F)cc2)CCC12CCC1(CC2)OCCO1. The summed E-state index contributed by atoms with van der Waals surface area (Å²) in [6.07, 6.45) is -3.27. The highest BCUT2D eigenvalue weighted by molar-refractivity contribution is 6.00. The van der Waals surface area contributed by atoms with Gasteiger partial charge in [-0.05, 0) is 54.7 Å². The van der Waals surface area contributed by atoms with Gasteiger partial charge in [-0.25, -0.2) is 0 Å². The third-order valence-electron chi connectivity index (χ3n) is 7.45. The number of ether oxygens (including phenoxy) is 3. The molecule has 2 aliphatic heterocycles. The first-order valence-corrected chi connectivity index (χ1v) is 11.9. The lowest BCUT2D eigenvalue weighted by Gasteiger charge is -2.40. The van der Waals surface area contributed by atoms with Gasteiger partial charge in [-0.15, -0.1) is 0 Å². The second-order valence-electron chi connectivity index (χ2n) is 9.59. The number of rotatable bonds is 5. The van der Waals surface area contributed by atoms with Crippen molar-refractivity contribution in [2.24, 2.45) is 5.41 Å². The van der Waals surface area contributed by atoms with Crippen LogP contribution in [0.2, 0.25) is 0 Å². The number of benzene rings is 2. The third-order valence-corrected chi connectivity index (χ3v) is 7.45. The molecule has 2 saturated heterocycles. The van der Waals surface area contributed by atoms with Crippen LogP contribution < -0.4 is 4.90 Å². The van der Waals surface area contributed by atoms with Crippen molar-refractivity contribution in [1.29, 1.82) is 0 Å². The summed E-state index contributed by atoms with van der Waals surface area (Å²) >= 11 is 0. The molecular weight excluding hydrogens is 463 g/mol. The highest BCUT2D eigenvalue weighted by Crippen LogP contribution is 2.50. The zero-order chi connectivity index (χ0) is 24.7. The van der Waals surface area contributed by atoms with Gasteiger partial charge in [-0.1, -0.05) is 24.3 Å². The van der Waals surface area contributed by atoms with Crippen molar-refractivity contribution in [3.63, 3.8) is 0 Å². The number of hydrogen-bond acceptors (Lipinski definition) is 5. The van der Waals surface area contributed by atoms with Crippen LogP contribution in [-0.4, -0.2) is 42.7 Å². The molecule has 1 atom stereocenters. The fraction of sp³-hybridized carbons (Fsp3) is 0.500. The lowest BCUT2D eigenvalue weighted by atomic mass is 9.71. The number of alkyl halides is 3. The molecule has 35 heavy (non-hydrogen) atoms. The number of aromatic hydroxyl groups is 1. The van der Waals surface area contributed by atoms with E-state index in [2.05, 4.69) is 0 Å². The Bertz CT molecular complexity index is 1040. The zero-order valence-corrected chi connectivity index (χ0v) is 19.2. The van der Waals surface area contributed by atoms with E-state index in [4.69, 9.17) is 14.2 Å². The van der Waals surface area contributed by atoms with Crippen LogP contribution in [0.5, 0.6) is 5.75 Å². The summed E-state index contributed by atoms with van der Waals surface area (Å²) in [7, 11) is 0. The Kier molecular flexibility index (Phi) is 6.27. The number of phenols is 1. The average Bonchev–Trinajstić information content (AvgIpc) is 3.42. The number of anilines is 1. The van der Waals surface area contributed by atoms with E-state index in [1.807, 2.05) is 0 Å². The molecule has 188 valence electrons. The van der Waals surface area contributed by atoms with Gasteiger partial charge in [0.05, 0.1) is 25.2 Å². The second-order valence-corrected chi connectivity index (χ2v) is 9.59. The third kappa shape index (κ3) is 4.77. The van der Waals surface area contributed by atoms with Crippen LogP contribution >= 0.6 is 0 Å². The van der Waals surface area contributed by atoms with Gasteiger partial charge in [0.25, 0.3) is 0 Å². The average molecular weight is 492 g/mol. The summed E-state index contributed by atoms with van der Waals surface area (Å²) in [5.41, 5.74) is 0.616. The lowest BCUT2D eigenvalue weighted by molar-refractivity contribution is -0.227. The molecule has 3 fully saturated rings. The number of carbonyl (C=O) groups is 1. The van der Waals surface area contributed by atoms with E-state index in [9.17, 15) is 23.1 Å². The van der Waals surface area contributed by atoms with Crippen molar-refractivity contribution in [1.82, 2.24) is 0 Å². The highest BCUT2D eigenvalue weighted by Gasteiger charge is 2.53. The van der Waals surface area contributed by atoms with Crippen molar-refractivity contribution in [2.75, 3.05) is 24.7 Å². The molecule has 2 spiro atoms. The normalized spacial score (nSPS) is 22.3. The molecule has 0 aromatic heterocycles. The smallest absolute Gasteiger partial charge is 0.418 e. The van der Waals surface area contributed by atoms with Gasteiger partial charge in [0, 0.05) is 25.1 Å². The van der Waals surface area contributed by atoms with E-state index < -0.39 is 23.5 Å². The van der Waals surface area contributed by atoms with E-state index in [0.717, 1.165) is 0 Å². The van der Waals surface area contributed by atoms with Gasteiger partial charge >= 0.3 is 6.18 Å². The van der Waals surface area contributed by atoms with Crippen LogP contribution in [0, 0.1) is 5.41 Å². The molecule has 0 unspecified atom stereocenters. The number of phenolic OH excluding ortho intramolecular Hbond substituents is 1. The van der Waals surface area contributed by atoms with Crippen LogP contribution in [0.4, 0.5) is 18.9 Å². The Hall–Kier alpha value is -2.62. The minimum atomic E-state index is -4.60. The van der Waals surface area contributed by atoms with E-state index >= 15 is 0 Å². The summed E-state index contributed by atoms with van der Waals surface area (Å²) in [6.45, 7) is 1.44. The summed E-state index contributed by atoms with van der Waals surface area (Å²) in [5.74, 6) is -0.496. The predicted molar refractivity (Wildman–Crippen MR) is 121 cm³/mol. The molecule has 1 saturated carbocycles. The Morgan fingerprint density at radius 1 is 0.943 bits per heavy atom. The van der Waals surface area contributed by atoms with Crippen LogP contribution in [0.1, 0.15) is 49.3 Å². The minimum Gasteiger partial charge on any atom is -0.508 e. The van der Waals surface area contributed by atoms with E-state index in [1.54, 1.807) is 17.0 Å². The molecule has 0 bridgehead atoms. The van der Waals surface area contributed by atoms with E-state index in [1.165, 1.54) is 36.4 Å². The second kappa shape index (κ2) is 9.11. The Balaban J connectivity index is 1.26. The van der Waals surface area contributed by atoms with Crippen molar-refractivity contribution < 1.29 is 37.3 Å². The van der Waals surface area contributed by atoms with Gasteiger partial charge < -0.3 is 24.2 Å². The van der Waals surface area contributed by atoms with Crippen LogP contribution in [0.25, 0.3) is 0 Å². The lowest BCUT2D eigenvalue weighted by Crippen LogP contribution is -2.44. The highest BCUT2D eigenvalue weighted by atomic mass is 19.4. The van der Waals surface area contributed by atoms with Crippen LogP contribution in [0.15, 0.2) is 48.5 Å². The summed E-state index contributed by atoms with van der Waals surface area (Å²) < 4.78 is 58.1. The Morgan fingerprint density at radius 2 is 1.57 bits per heavy atom. The molecule has 3 aliphatic rings. The molecule has 5 rings (SSSR count). The fourth-order valence-corrected chi connectivity index (χ4v) is 5.41. The van der Waals surface area contributed by atoms with Crippen molar-refractivity contribution in [2.45, 2.75) is 56.8 Å². The molecular formula is C26H28F3NO5.